The molecule has 2 rings (SSSR count). The van der Waals surface area contributed by atoms with Crippen molar-refractivity contribution in [3.63, 3.8) is 0 Å². The van der Waals surface area contributed by atoms with Gasteiger partial charge < -0.3 is 11.1 Å². The number of hydrogen-bond donors (Lipinski definition) is 3. The zero-order valence-electron chi connectivity index (χ0n) is 10.4. The molecule has 0 aliphatic carbocycles. The number of aromatic nitrogens is 4. The predicted octanol–water partition coefficient (Wildman–Crippen LogP) is 1.34. The van der Waals surface area contributed by atoms with Crippen LogP contribution in [0.3, 0.4) is 0 Å². The molecule has 1 aromatic carbocycles. The summed E-state index contributed by atoms with van der Waals surface area (Å²) in [4.78, 5) is 12.2. The predicted molar refractivity (Wildman–Crippen MR) is 73.4 cm³/mol. The highest BCUT2D eigenvalue weighted by molar-refractivity contribution is 9.10. The molecule has 0 bridgehead atoms. The van der Waals surface area contributed by atoms with Crippen molar-refractivity contribution in [1.82, 2.24) is 25.9 Å². The Labute approximate surface area is 118 Å². The van der Waals surface area contributed by atoms with Crippen LogP contribution in [0.5, 0.6) is 0 Å². The number of H-pyrrole nitrogens is 1. The summed E-state index contributed by atoms with van der Waals surface area (Å²) in [5.41, 5.74) is 7.65. The number of nitrogens with zero attached hydrogens (tertiary/aromatic N) is 3. The van der Waals surface area contributed by atoms with Crippen LogP contribution in [0.4, 0.5) is 5.69 Å². The van der Waals surface area contributed by atoms with Crippen molar-refractivity contribution < 1.29 is 4.79 Å². The Morgan fingerprint density at radius 1 is 1.53 bits per heavy atom. The lowest BCUT2D eigenvalue weighted by atomic mass is 10.1. The van der Waals surface area contributed by atoms with Gasteiger partial charge in [-0.05, 0) is 31.5 Å². The van der Waals surface area contributed by atoms with Crippen molar-refractivity contribution in [2.75, 3.05) is 5.73 Å². The van der Waals surface area contributed by atoms with Crippen LogP contribution >= 0.6 is 15.9 Å². The van der Waals surface area contributed by atoms with E-state index in [9.17, 15) is 4.79 Å². The maximum atomic E-state index is 12.2. The van der Waals surface area contributed by atoms with Crippen LogP contribution < -0.4 is 11.1 Å². The minimum Gasteiger partial charge on any atom is -0.398 e. The van der Waals surface area contributed by atoms with Crippen LogP contribution in [0.1, 0.15) is 34.7 Å². The van der Waals surface area contributed by atoms with Gasteiger partial charge in [-0.2, -0.15) is 5.21 Å². The lowest BCUT2D eigenvalue weighted by molar-refractivity contribution is 0.0937. The van der Waals surface area contributed by atoms with Gasteiger partial charge >= 0.3 is 0 Å². The van der Waals surface area contributed by atoms with Crippen molar-refractivity contribution in [1.29, 1.82) is 0 Å². The molecule has 100 valence electrons. The monoisotopic (exact) mass is 324 g/mol. The quantitative estimate of drug-likeness (QED) is 0.738. The average molecular weight is 325 g/mol. The first-order valence-electron chi connectivity index (χ1n) is 5.59. The lowest BCUT2D eigenvalue weighted by Gasteiger charge is -2.13. The first-order valence-corrected chi connectivity index (χ1v) is 6.38. The number of nitrogen functional groups attached to an aromatic ring is 1. The molecule has 7 nitrogen and oxygen atoms in total. The Bertz CT molecular complexity index is 597. The molecule has 0 aliphatic heterocycles. The van der Waals surface area contributed by atoms with E-state index >= 15 is 0 Å². The Kier molecular flexibility index (Phi) is 3.79. The molecule has 0 aliphatic rings. The number of rotatable bonds is 3. The number of tetrazole rings is 1. The van der Waals surface area contributed by atoms with Gasteiger partial charge in [-0.15, -0.1) is 10.2 Å². The summed E-state index contributed by atoms with van der Waals surface area (Å²) in [6.45, 7) is 3.58. The van der Waals surface area contributed by atoms with Gasteiger partial charge in [0, 0.05) is 15.7 Å². The number of carbonyl (C=O) groups is 1. The first-order chi connectivity index (χ1) is 8.99. The van der Waals surface area contributed by atoms with Gasteiger partial charge in [0.2, 0.25) is 0 Å². The minimum atomic E-state index is -0.342. The van der Waals surface area contributed by atoms with E-state index in [1.807, 2.05) is 0 Å². The molecule has 0 fully saturated rings. The number of benzene rings is 1. The summed E-state index contributed by atoms with van der Waals surface area (Å²) in [6.07, 6.45) is 0. The Hall–Kier alpha value is -1.96. The summed E-state index contributed by atoms with van der Waals surface area (Å²) >= 11 is 3.32. The van der Waals surface area contributed by atoms with Crippen LogP contribution in [0.2, 0.25) is 0 Å². The summed E-state index contributed by atoms with van der Waals surface area (Å²) in [5, 5.41) is 16.2. The third kappa shape index (κ3) is 2.90. The molecule has 0 saturated carbocycles. The average Bonchev–Trinajstić information content (AvgIpc) is 2.87. The zero-order valence-corrected chi connectivity index (χ0v) is 12.0. The zero-order chi connectivity index (χ0) is 14.0. The highest BCUT2D eigenvalue weighted by Crippen LogP contribution is 2.23. The van der Waals surface area contributed by atoms with Gasteiger partial charge in [0.05, 0.1) is 6.04 Å². The summed E-state index contributed by atoms with van der Waals surface area (Å²) in [6, 6.07) is 3.14. The van der Waals surface area contributed by atoms with Gasteiger partial charge in [0.1, 0.15) is 0 Å². The number of anilines is 1. The SMILES string of the molecule is Cc1c(N)cc(Br)cc1C(=O)NC(C)c1nn[nH]n1. The fourth-order valence-electron chi connectivity index (χ4n) is 1.63. The van der Waals surface area contributed by atoms with Crippen LogP contribution in [-0.4, -0.2) is 26.5 Å². The molecular weight excluding hydrogens is 312 g/mol. The van der Waals surface area contributed by atoms with Gasteiger partial charge in [0.15, 0.2) is 5.82 Å². The normalized spacial score (nSPS) is 12.2. The van der Waals surface area contributed by atoms with Gasteiger partial charge in [-0.1, -0.05) is 21.1 Å². The summed E-state index contributed by atoms with van der Waals surface area (Å²) < 4.78 is 0.757. The third-order valence-corrected chi connectivity index (χ3v) is 3.21. The molecule has 4 N–H and O–H groups in total. The van der Waals surface area contributed by atoms with Crippen molar-refractivity contribution in [2.45, 2.75) is 19.9 Å². The maximum absolute atomic E-state index is 12.2. The fraction of sp³-hybridized carbons (Fsp3) is 0.273. The van der Waals surface area contributed by atoms with Crippen LogP contribution in [0.15, 0.2) is 16.6 Å². The highest BCUT2D eigenvalue weighted by atomic mass is 79.9. The van der Waals surface area contributed by atoms with E-state index in [1.54, 1.807) is 26.0 Å². The lowest BCUT2D eigenvalue weighted by Crippen LogP contribution is -2.28. The third-order valence-electron chi connectivity index (χ3n) is 2.75. The number of nitrogens with two attached hydrogens (primary N) is 1. The number of nitrogens with one attached hydrogen (secondary N) is 2. The second kappa shape index (κ2) is 5.35. The molecule has 1 heterocycles. The largest absolute Gasteiger partial charge is 0.398 e. The Morgan fingerprint density at radius 2 is 2.26 bits per heavy atom. The topological polar surface area (TPSA) is 110 Å². The summed E-state index contributed by atoms with van der Waals surface area (Å²) in [7, 11) is 0. The highest BCUT2D eigenvalue weighted by Gasteiger charge is 2.17. The number of hydrogen-bond acceptors (Lipinski definition) is 5. The molecule has 1 unspecified atom stereocenters. The number of aromatic amines is 1. The van der Waals surface area contributed by atoms with Crippen LogP contribution in [0, 0.1) is 6.92 Å². The molecule has 1 atom stereocenters. The van der Waals surface area contributed by atoms with E-state index in [-0.39, 0.29) is 11.9 Å². The second-order valence-electron chi connectivity index (χ2n) is 4.13. The Morgan fingerprint density at radius 3 is 2.89 bits per heavy atom. The number of carbonyl (C=O) groups excluding carboxylic acids is 1. The molecule has 19 heavy (non-hydrogen) atoms. The van der Waals surface area contributed by atoms with Gasteiger partial charge in [0.25, 0.3) is 5.91 Å². The van der Waals surface area contributed by atoms with E-state index in [1.165, 1.54) is 0 Å². The number of amides is 1. The standard InChI is InChI=1S/C11H13BrN6O/c1-5-8(3-7(12)4-9(5)13)11(19)14-6(2)10-15-17-18-16-10/h3-4,6H,13H2,1-2H3,(H,14,19)(H,15,16,17,18). The van der Waals surface area contributed by atoms with Crippen molar-refractivity contribution in [3.05, 3.63) is 33.6 Å². The maximum Gasteiger partial charge on any atom is 0.252 e. The van der Waals surface area contributed by atoms with Crippen molar-refractivity contribution in [2.24, 2.45) is 0 Å². The smallest absolute Gasteiger partial charge is 0.252 e. The fourth-order valence-corrected chi connectivity index (χ4v) is 2.10. The van der Waals surface area contributed by atoms with E-state index < -0.39 is 0 Å². The van der Waals surface area contributed by atoms with Gasteiger partial charge in [-0.25, -0.2) is 0 Å². The van der Waals surface area contributed by atoms with Crippen molar-refractivity contribution >= 4 is 27.5 Å². The van der Waals surface area contributed by atoms with Gasteiger partial charge in [-0.3, -0.25) is 4.79 Å². The van der Waals surface area contributed by atoms with Crippen LogP contribution in [-0.2, 0) is 0 Å². The molecular formula is C11H13BrN6O. The molecule has 8 heteroatoms. The molecule has 2 aromatic rings. The first kappa shape index (κ1) is 13.5. The van der Waals surface area contributed by atoms with E-state index in [0.717, 1.165) is 10.0 Å². The van der Waals surface area contributed by atoms with Crippen LogP contribution in [0.25, 0.3) is 0 Å². The molecule has 1 aromatic heterocycles. The number of halogens is 1. The van der Waals surface area contributed by atoms with E-state index in [2.05, 4.69) is 41.9 Å². The van der Waals surface area contributed by atoms with Crippen molar-refractivity contribution in [3.8, 4) is 0 Å². The molecule has 0 saturated heterocycles. The minimum absolute atomic E-state index is 0.234. The van der Waals surface area contributed by atoms with E-state index in [0.29, 0.717) is 17.1 Å². The molecule has 0 spiro atoms. The molecule has 1 amide bonds. The molecule has 0 radical (unpaired) electrons. The van der Waals surface area contributed by atoms with E-state index in [4.69, 9.17) is 5.73 Å². The Balaban J connectivity index is 2.21. The second-order valence-corrected chi connectivity index (χ2v) is 5.05. The summed E-state index contributed by atoms with van der Waals surface area (Å²) in [5.74, 6) is 0.191.